The molecule has 4 aliphatic carbocycles. The van der Waals surface area contributed by atoms with E-state index in [4.69, 9.17) is 28.4 Å². The van der Waals surface area contributed by atoms with Crippen LogP contribution >= 0.6 is 0 Å². The first kappa shape index (κ1) is 88.4. The Balaban J connectivity index is 0.000000228. The van der Waals surface area contributed by atoms with Crippen molar-refractivity contribution in [3.05, 3.63) is 85.0 Å². The van der Waals surface area contributed by atoms with Gasteiger partial charge in [-0.2, -0.15) is 36.3 Å². The zero-order chi connectivity index (χ0) is 84.8. The summed E-state index contributed by atoms with van der Waals surface area (Å²) in [5.74, 6) is -9.37. The van der Waals surface area contributed by atoms with Crippen LogP contribution in [-0.2, 0) is 67.9 Å². The van der Waals surface area contributed by atoms with E-state index in [9.17, 15) is 81.5 Å². The maximum atomic E-state index is 14.9. The zero-order valence-corrected chi connectivity index (χ0v) is 69.4. The molecule has 6 fully saturated rings. The van der Waals surface area contributed by atoms with Crippen LogP contribution in [-0.4, -0.2) is 167 Å². The van der Waals surface area contributed by atoms with E-state index in [1.807, 2.05) is 101 Å². The number of hydrogen-bond acceptors (Lipinski definition) is 20. The number of sulfonamides is 2. The molecule has 116 heavy (non-hydrogen) atoms. The minimum Gasteiger partial charge on any atom is -0.478 e. The lowest BCUT2D eigenvalue weighted by atomic mass is 9.82. The molecule has 6 heterocycles. The van der Waals surface area contributed by atoms with Crippen LogP contribution in [0.25, 0.3) is 21.5 Å². The Morgan fingerprint density at radius 1 is 0.543 bits per heavy atom. The molecule has 14 atom stereocenters. The first-order valence-electron chi connectivity index (χ1n) is 40.3. The molecule has 0 spiro atoms. The molecule has 4 saturated carbocycles. The second kappa shape index (κ2) is 33.8. The third-order valence-corrected chi connectivity index (χ3v) is 29.3. The number of ether oxygens (including phenoxy) is 6. The van der Waals surface area contributed by atoms with Gasteiger partial charge in [0.25, 0.3) is 0 Å². The molecule has 636 valence electrons. The highest BCUT2D eigenvalue weighted by atomic mass is 32.2. The van der Waals surface area contributed by atoms with E-state index < -0.39 is 184 Å². The van der Waals surface area contributed by atoms with Crippen molar-refractivity contribution in [3.63, 3.8) is 0 Å². The summed E-state index contributed by atoms with van der Waals surface area (Å²) < 4.78 is 172. The molecule has 2 aromatic carbocycles. The number of carbonyl (C=O) groups is 8. The summed E-state index contributed by atoms with van der Waals surface area (Å²) in [6.07, 6.45) is -0.476. The Bertz CT molecular complexity index is 4430. The molecule has 2 N–H and O–H groups in total. The fourth-order valence-electron chi connectivity index (χ4n) is 16.5. The number of amides is 4. The number of allylic oxidation sites excluding steroid dienone is 4. The van der Waals surface area contributed by atoms with Crippen molar-refractivity contribution in [2.45, 2.75) is 256 Å². The highest BCUT2D eigenvalue weighted by molar-refractivity contribution is 7.92. The van der Waals surface area contributed by atoms with Gasteiger partial charge in [0, 0.05) is 48.6 Å². The van der Waals surface area contributed by atoms with Gasteiger partial charge in [-0.15, -0.1) is 0 Å². The molecule has 4 amide bonds. The van der Waals surface area contributed by atoms with Crippen molar-refractivity contribution in [2.24, 2.45) is 58.2 Å². The summed E-state index contributed by atoms with van der Waals surface area (Å²) in [6, 6.07) is 15.8. The Hall–Kier alpha value is -8.42. The fraction of sp³-hybridized carbons (Fsp3) is 0.643. The number of halogens is 6. The molecule has 24 nitrogen and oxygen atoms in total. The number of aromatic nitrogens is 2. The Morgan fingerprint density at radius 2 is 0.897 bits per heavy atom. The summed E-state index contributed by atoms with van der Waals surface area (Å²) in [7, 11) is -8.06. The van der Waals surface area contributed by atoms with Crippen molar-refractivity contribution in [2.75, 3.05) is 26.3 Å². The standard InChI is InChI=1S/2C42H54F3N3O9S/c2*1-7-55-34-19-27-13-9-11-15-30(27)36(46-34)56-29-20-32-33(49)23-41(38(52)47-58(53,54)40(6)16-17-40)22-28(41)14-10-8-12-25(2)18-26(3)31(37(51)48(32)24-29)21-35(50)57-39(4,5)42(43,44)45/h2*9-11,13-15,19,25-26,28-29,31-32H,7-8,12,16-18,20-24H2,1-6H3,(H,47,52)/b2*14-10-/t25-,26+,28+,29+,31-,32-,41+;25-,26-,28-,29-,31+,32+,41-/m01/s1. The smallest absolute Gasteiger partial charge is 0.427 e. The second-order valence-electron chi connectivity index (χ2n) is 35.0. The van der Waals surface area contributed by atoms with E-state index >= 15 is 0 Å². The molecule has 8 aliphatic rings. The average molecular weight is 1670 g/mol. The number of hydrogen-bond donors (Lipinski definition) is 2. The third kappa shape index (κ3) is 19.5. The van der Waals surface area contributed by atoms with E-state index in [0.717, 1.165) is 38.5 Å². The molecule has 4 aliphatic heterocycles. The van der Waals surface area contributed by atoms with Crippen LogP contribution in [0.4, 0.5) is 26.3 Å². The first-order valence-corrected chi connectivity index (χ1v) is 43.2. The van der Waals surface area contributed by atoms with Crippen LogP contribution in [0.5, 0.6) is 23.5 Å². The minimum atomic E-state index is -4.87. The number of rotatable bonds is 20. The van der Waals surface area contributed by atoms with Gasteiger partial charge in [-0.3, -0.25) is 47.8 Å². The van der Waals surface area contributed by atoms with Gasteiger partial charge in [0.1, 0.15) is 12.2 Å². The molecular formula is C84H108F6N6O18S2. The monoisotopic (exact) mass is 1670 g/mol. The van der Waals surface area contributed by atoms with E-state index in [-0.39, 0.29) is 75.2 Å². The summed E-state index contributed by atoms with van der Waals surface area (Å²) in [5, 5.41) is 2.85. The van der Waals surface area contributed by atoms with Crippen molar-refractivity contribution in [1.29, 1.82) is 0 Å². The van der Waals surface area contributed by atoms with Gasteiger partial charge in [-0.25, -0.2) is 16.8 Å². The Kier molecular flexibility index (Phi) is 25.7. The number of ketones is 2. The maximum absolute atomic E-state index is 14.9. The van der Waals surface area contributed by atoms with Crippen molar-refractivity contribution < 1.29 is 110 Å². The predicted octanol–water partition coefficient (Wildman–Crippen LogP) is 13.7. The van der Waals surface area contributed by atoms with Crippen LogP contribution in [0.3, 0.4) is 0 Å². The van der Waals surface area contributed by atoms with E-state index in [1.165, 1.54) is 9.80 Å². The summed E-state index contributed by atoms with van der Waals surface area (Å²) in [4.78, 5) is 125. The van der Waals surface area contributed by atoms with Gasteiger partial charge in [0.15, 0.2) is 11.6 Å². The molecule has 2 aromatic heterocycles. The number of alkyl halides is 6. The molecule has 2 saturated heterocycles. The largest absolute Gasteiger partial charge is 0.478 e. The van der Waals surface area contributed by atoms with Crippen LogP contribution in [0, 0.1) is 58.2 Å². The number of Topliss-reactive ketones (excluding diaryl/α,β-unsaturated/α-hetero) is 2. The molecule has 0 bridgehead atoms. The number of nitrogens with zero attached hydrogens (tertiary/aromatic N) is 4. The predicted molar refractivity (Wildman–Crippen MR) is 416 cm³/mol. The maximum Gasteiger partial charge on any atom is 0.427 e. The topological polar surface area (TPSA) is 317 Å². The normalized spacial score (nSPS) is 29.6. The van der Waals surface area contributed by atoms with Gasteiger partial charge in [0.05, 0.1) is 83.4 Å². The number of nitrogens with one attached hydrogen (secondary N) is 2. The number of fused-ring (bicyclic) bond motifs is 6. The van der Waals surface area contributed by atoms with Gasteiger partial charge >= 0.3 is 24.3 Å². The summed E-state index contributed by atoms with van der Waals surface area (Å²) in [5.41, 5.74) is -8.39. The zero-order valence-electron chi connectivity index (χ0n) is 67.8. The highest BCUT2D eigenvalue weighted by Crippen LogP contribution is 2.60. The van der Waals surface area contributed by atoms with Crippen molar-refractivity contribution in [1.82, 2.24) is 29.2 Å². The average Bonchev–Trinajstić information content (AvgIpc) is 1.57. The summed E-state index contributed by atoms with van der Waals surface area (Å²) in [6.45, 7) is 17.6. The van der Waals surface area contributed by atoms with Gasteiger partial charge in [-0.05, 0) is 191 Å². The lowest BCUT2D eigenvalue weighted by Crippen LogP contribution is -2.48. The number of benzene rings is 2. The number of pyridine rings is 2. The van der Waals surface area contributed by atoms with E-state index in [0.29, 0.717) is 100.0 Å². The fourth-order valence-corrected chi connectivity index (χ4v) is 19.2. The lowest BCUT2D eigenvalue weighted by Gasteiger charge is -2.33. The molecule has 32 heteroatoms. The van der Waals surface area contributed by atoms with Crippen molar-refractivity contribution >= 4 is 88.7 Å². The minimum absolute atomic E-state index is 0.0171. The van der Waals surface area contributed by atoms with E-state index in [1.54, 1.807) is 39.8 Å². The highest BCUT2D eigenvalue weighted by Gasteiger charge is 2.65. The van der Waals surface area contributed by atoms with Crippen molar-refractivity contribution in [3.8, 4) is 23.5 Å². The van der Waals surface area contributed by atoms with Gasteiger partial charge < -0.3 is 38.2 Å². The number of esters is 2. The molecule has 0 unspecified atom stereocenters. The van der Waals surface area contributed by atoms with Gasteiger partial charge in [-0.1, -0.05) is 88.4 Å². The lowest BCUT2D eigenvalue weighted by molar-refractivity contribution is -0.257. The van der Waals surface area contributed by atoms with Crippen LogP contribution < -0.4 is 28.4 Å². The SMILES string of the molecule is CCOc1cc2ccccc2c(O[C@@H]2C[C@H]3C(=O)C[C@]4(C(=O)NS(=O)(=O)C5(C)CC5)C[C@H]4/C=C\CC[C@@H](C)C[C@@H](C)[C@H](CC(=O)OC(C)(C)C(F)(F)F)C(=O)N3C2)n1.CCOc1cc2ccccc2c(O[C@@H]2C[C@H]3C(=O)C[C@]4(C(=O)NS(=O)(=O)C5(C)CC5)C[C@H]4/C=C\CC[C@H](C)C[C@@H](C)[C@H](CC(=O)OC(C)(C)C(F)(F)F)C(=O)N3C2)n1. The van der Waals surface area contributed by atoms with Crippen LogP contribution in [0.15, 0.2) is 85.0 Å². The molecule has 4 aromatic rings. The Morgan fingerprint density at radius 3 is 1.23 bits per heavy atom. The van der Waals surface area contributed by atoms with E-state index in [2.05, 4.69) is 19.4 Å². The summed E-state index contributed by atoms with van der Waals surface area (Å²) >= 11 is 0. The Labute approximate surface area is 673 Å². The first-order chi connectivity index (χ1) is 54.2. The second-order valence-corrected chi connectivity index (χ2v) is 39.4. The van der Waals surface area contributed by atoms with Gasteiger partial charge in [0.2, 0.25) is 78.4 Å². The number of carbonyl (C=O) groups excluding carboxylic acids is 8. The molecule has 0 radical (unpaired) electrons. The molecule has 12 rings (SSSR count). The van der Waals surface area contributed by atoms with Crippen LogP contribution in [0.1, 0.15) is 199 Å². The molecular weight excluding hydrogens is 1560 g/mol. The van der Waals surface area contributed by atoms with Crippen LogP contribution in [0.2, 0.25) is 0 Å². The third-order valence-electron chi connectivity index (χ3n) is 25.0. The quantitative estimate of drug-likeness (QED) is 0.0472.